The first-order chi connectivity index (χ1) is 8.03. The Hall–Kier alpha value is -1.07. The zero-order chi connectivity index (χ0) is 12.9. The Kier molecular flexibility index (Phi) is 4.96. The number of nitrogens with zero attached hydrogens (tertiary/aromatic N) is 1. The minimum atomic E-state index is -3.17. The van der Waals surface area contributed by atoms with Crippen LogP contribution in [0.2, 0.25) is 0 Å². The number of hydrogen-bond acceptors (Lipinski definition) is 4. The van der Waals surface area contributed by atoms with Crippen LogP contribution in [0.3, 0.4) is 0 Å². The molecule has 0 saturated heterocycles. The Bertz CT molecular complexity index is 457. The van der Waals surface area contributed by atoms with E-state index in [1.807, 2.05) is 24.1 Å². The minimum absolute atomic E-state index is 0.120. The summed E-state index contributed by atoms with van der Waals surface area (Å²) in [7, 11) is -1.28. The predicted octanol–water partition coefficient (Wildman–Crippen LogP) is 1.27. The van der Waals surface area contributed by atoms with Crippen LogP contribution in [0, 0.1) is 0 Å². The Morgan fingerprint density at radius 3 is 2.53 bits per heavy atom. The predicted molar refractivity (Wildman–Crippen MR) is 71.1 cm³/mol. The van der Waals surface area contributed by atoms with Gasteiger partial charge in [-0.3, -0.25) is 0 Å². The zero-order valence-electron chi connectivity index (χ0n) is 10.4. The highest BCUT2D eigenvalue weighted by molar-refractivity contribution is 7.91. The summed E-state index contributed by atoms with van der Waals surface area (Å²) < 4.78 is 23.9. The lowest BCUT2D eigenvalue weighted by Gasteiger charge is -2.21. The molecule has 0 aliphatic carbocycles. The van der Waals surface area contributed by atoms with Crippen molar-refractivity contribution in [3.8, 4) is 0 Å². The Morgan fingerprint density at radius 2 is 1.94 bits per heavy atom. The van der Waals surface area contributed by atoms with E-state index in [9.17, 15) is 8.42 Å². The average Bonchev–Trinajstić information content (AvgIpc) is 2.36. The van der Waals surface area contributed by atoms with Crippen LogP contribution in [0.1, 0.15) is 13.3 Å². The van der Waals surface area contributed by atoms with Crippen LogP contribution in [0.5, 0.6) is 0 Å². The number of para-hydroxylation sites is 1. The summed E-state index contributed by atoms with van der Waals surface area (Å²) in [5.41, 5.74) is 6.21. The van der Waals surface area contributed by atoms with E-state index in [2.05, 4.69) is 0 Å². The highest BCUT2D eigenvalue weighted by Crippen LogP contribution is 2.24. The summed E-state index contributed by atoms with van der Waals surface area (Å²) in [5.74, 6) is 0.120. The number of rotatable bonds is 6. The van der Waals surface area contributed by atoms with Gasteiger partial charge < -0.3 is 10.6 Å². The molecule has 1 aromatic rings. The maximum Gasteiger partial charge on any atom is 0.180 e. The molecule has 17 heavy (non-hydrogen) atoms. The van der Waals surface area contributed by atoms with Crippen molar-refractivity contribution in [1.29, 1.82) is 0 Å². The topological polar surface area (TPSA) is 63.4 Å². The van der Waals surface area contributed by atoms with Gasteiger partial charge in [0.25, 0.3) is 0 Å². The molecule has 0 saturated carbocycles. The molecule has 0 aliphatic heterocycles. The molecule has 1 aromatic carbocycles. The van der Waals surface area contributed by atoms with Crippen LogP contribution in [0.25, 0.3) is 0 Å². The van der Waals surface area contributed by atoms with E-state index < -0.39 is 9.84 Å². The molecular formula is C12H20N2O2S. The molecule has 0 spiro atoms. The Balaban J connectivity index is 3.08. The van der Waals surface area contributed by atoms with Gasteiger partial charge in [-0.25, -0.2) is 8.42 Å². The number of sulfone groups is 1. The molecule has 0 aliphatic rings. The lowest BCUT2D eigenvalue weighted by Crippen LogP contribution is -2.23. The second-order valence-electron chi connectivity index (χ2n) is 3.93. The maximum atomic E-state index is 11.9. The van der Waals surface area contributed by atoms with E-state index in [1.165, 1.54) is 0 Å². The molecule has 1 rings (SSSR count). The second-order valence-corrected chi connectivity index (χ2v) is 6.18. The van der Waals surface area contributed by atoms with Crippen molar-refractivity contribution in [3.05, 3.63) is 24.3 Å². The monoisotopic (exact) mass is 256 g/mol. The molecule has 0 heterocycles. The normalized spacial score (nSPS) is 11.5. The molecule has 0 unspecified atom stereocenters. The first-order valence-corrected chi connectivity index (χ1v) is 7.41. The van der Waals surface area contributed by atoms with E-state index >= 15 is 0 Å². The van der Waals surface area contributed by atoms with E-state index in [-0.39, 0.29) is 5.75 Å². The van der Waals surface area contributed by atoms with Gasteiger partial charge in [0.2, 0.25) is 0 Å². The largest absolute Gasteiger partial charge is 0.373 e. The summed E-state index contributed by atoms with van der Waals surface area (Å²) in [4.78, 5) is 2.34. The lowest BCUT2D eigenvalue weighted by molar-refractivity contribution is 0.597. The number of anilines is 1. The lowest BCUT2D eigenvalue weighted by atomic mass is 10.3. The number of benzene rings is 1. The molecule has 0 atom stereocenters. The van der Waals surface area contributed by atoms with Crippen molar-refractivity contribution in [3.63, 3.8) is 0 Å². The van der Waals surface area contributed by atoms with Gasteiger partial charge in [0, 0.05) is 13.6 Å². The van der Waals surface area contributed by atoms with Crippen molar-refractivity contribution < 1.29 is 8.42 Å². The first kappa shape index (κ1) is 14.0. The standard InChI is InChI=1S/C12H20N2O2S/c1-3-17(15,16)12-8-5-4-7-11(12)14(2)10-6-9-13/h4-5,7-8H,3,6,9-10,13H2,1-2H3. The fraction of sp³-hybridized carbons (Fsp3) is 0.500. The fourth-order valence-corrected chi connectivity index (χ4v) is 2.78. The van der Waals surface area contributed by atoms with Crippen LogP contribution < -0.4 is 10.6 Å². The third-order valence-corrected chi connectivity index (χ3v) is 4.46. The molecule has 0 amide bonds. The van der Waals surface area contributed by atoms with Crippen LogP contribution in [-0.2, 0) is 9.84 Å². The van der Waals surface area contributed by atoms with Crippen LogP contribution >= 0.6 is 0 Å². The molecule has 2 N–H and O–H groups in total. The molecule has 0 fully saturated rings. The van der Waals surface area contributed by atoms with Gasteiger partial charge >= 0.3 is 0 Å². The molecule has 0 aromatic heterocycles. The highest BCUT2D eigenvalue weighted by atomic mass is 32.2. The number of nitrogens with two attached hydrogens (primary N) is 1. The average molecular weight is 256 g/mol. The van der Waals surface area contributed by atoms with Crippen molar-refractivity contribution >= 4 is 15.5 Å². The molecule has 0 radical (unpaired) electrons. The summed E-state index contributed by atoms with van der Waals surface area (Å²) >= 11 is 0. The van der Waals surface area contributed by atoms with E-state index in [0.717, 1.165) is 18.7 Å². The second kappa shape index (κ2) is 6.02. The molecule has 4 nitrogen and oxygen atoms in total. The highest BCUT2D eigenvalue weighted by Gasteiger charge is 2.17. The van der Waals surface area contributed by atoms with Gasteiger partial charge in [-0.2, -0.15) is 0 Å². The summed E-state index contributed by atoms with van der Waals surface area (Å²) in [6.07, 6.45) is 0.844. The summed E-state index contributed by atoms with van der Waals surface area (Å²) in [6.45, 7) is 3.02. The smallest absolute Gasteiger partial charge is 0.180 e. The summed E-state index contributed by atoms with van der Waals surface area (Å²) in [6, 6.07) is 7.10. The van der Waals surface area contributed by atoms with E-state index in [1.54, 1.807) is 19.1 Å². The quantitative estimate of drug-likeness (QED) is 0.832. The van der Waals surface area contributed by atoms with Crippen molar-refractivity contribution in [2.24, 2.45) is 5.73 Å². The van der Waals surface area contributed by atoms with Gasteiger partial charge in [0.15, 0.2) is 9.84 Å². The van der Waals surface area contributed by atoms with Gasteiger partial charge in [-0.05, 0) is 25.1 Å². The van der Waals surface area contributed by atoms with E-state index in [4.69, 9.17) is 5.73 Å². The Labute approximate surface area is 103 Å². The third kappa shape index (κ3) is 3.44. The van der Waals surface area contributed by atoms with Gasteiger partial charge in [0.1, 0.15) is 0 Å². The fourth-order valence-electron chi connectivity index (χ4n) is 1.64. The SMILES string of the molecule is CCS(=O)(=O)c1ccccc1N(C)CCCN. The summed E-state index contributed by atoms with van der Waals surface area (Å²) in [5, 5.41) is 0. The van der Waals surface area contributed by atoms with Crippen LogP contribution in [0.15, 0.2) is 29.2 Å². The van der Waals surface area contributed by atoms with Gasteiger partial charge in [-0.1, -0.05) is 19.1 Å². The number of hydrogen-bond donors (Lipinski definition) is 1. The van der Waals surface area contributed by atoms with Crippen molar-refractivity contribution in [2.45, 2.75) is 18.2 Å². The van der Waals surface area contributed by atoms with E-state index in [0.29, 0.717) is 11.4 Å². The van der Waals surface area contributed by atoms with Gasteiger partial charge in [-0.15, -0.1) is 0 Å². The first-order valence-electron chi connectivity index (χ1n) is 5.76. The van der Waals surface area contributed by atoms with Gasteiger partial charge in [0.05, 0.1) is 16.3 Å². The van der Waals surface area contributed by atoms with Crippen molar-refractivity contribution in [2.75, 3.05) is 30.8 Å². The van der Waals surface area contributed by atoms with Crippen molar-refractivity contribution in [1.82, 2.24) is 0 Å². The molecule has 96 valence electrons. The third-order valence-electron chi connectivity index (χ3n) is 2.69. The molecule has 5 heteroatoms. The van der Waals surface area contributed by atoms with Crippen LogP contribution in [0.4, 0.5) is 5.69 Å². The zero-order valence-corrected chi connectivity index (χ0v) is 11.2. The molecular weight excluding hydrogens is 236 g/mol. The maximum absolute atomic E-state index is 11.9. The Morgan fingerprint density at radius 1 is 1.29 bits per heavy atom. The van der Waals surface area contributed by atoms with Crippen LogP contribution in [-0.4, -0.2) is 34.3 Å². The molecule has 0 bridgehead atoms. The minimum Gasteiger partial charge on any atom is -0.373 e.